The van der Waals surface area contributed by atoms with Crippen LogP contribution in [0.1, 0.15) is 43.3 Å². The minimum atomic E-state index is -0.206. The first-order chi connectivity index (χ1) is 21.8. The smallest absolute Gasteiger partial charge is 0.164 e. The van der Waals surface area contributed by atoms with E-state index in [0.717, 1.165) is 51.1 Å². The van der Waals surface area contributed by atoms with E-state index in [9.17, 15) is 0 Å². The Kier molecular flexibility index (Phi) is 9.64. The fourth-order valence-corrected chi connectivity index (χ4v) is 5.20. The molecule has 1 aliphatic heterocycles. The highest BCUT2D eigenvalue weighted by molar-refractivity contribution is 5.75. The van der Waals surface area contributed by atoms with Crippen molar-refractivity contribution in [2.75, 3.05) is 0 Å². The molecule has 0 aliphatic carbocycles. The van der Waals surface area contributed by atoms with Crippen molar-refractivity contribution in [3.8, 4) is 28.5 Å². The predicted molar refractivity (Wildman–Crippen MR) is 188 cm³/mol. The van der Waals surface area contributed by atoms with Crippen molar-refractivity contribution in [1.29, 1.82) is 0 Å². The molecule has 0 bridgehead atoms. The number of ether oxygens (including phenoxy) is 1. The zero-order valence-corrected chi connectivity index (χ0v) is 26.5. The highest BCUT2D eigenvalue weighted by Gasteiger charge is 2.27. The Morgan fingerprint density at radius 1 is 0.867 bits per heavy atom. The summed E-state index contributed by atoms with van der Waals surface area (Å²) in [5, 5.41) is 0. The Morgan fingerprint density at radius 2 is 1.62 bits per heavy atom. The average molecular weight is 590 g/mol. The van der Waals surface area contributed by atoms with Crippen LogP contribution in [0.15, 0.2) is 152 Å². The minimum Gasteiger partial charge on any atom is -0.464 e. The number of hydrogen-bond acceptors (Lipinski definition) is 4. The summed E-state index contributed by atoms with van der Waals surface area (Å²) in [5.74, 6) is 2.65. The van der Waals surface area contributed by atoms with Gasteiger partial charge in [0.25, 0.3) is 0 Å². The van der Waals surface area contributed by atoms with Crippen molar-refractivity contribution in [3.05, 3.63) is 174 Å². The van der Waals surface area contributed by atoms with Gasteiger partial charge < -0.3 is 4.74 Å². The molecular formula is C41H39N3O. The van der Waals surface area contributed by atoms with Gasteiger partial charge in [-0.3, -0.25) is 0 Å². The summed E-state index contributed by atoms with van der Waals surface area (Å²) in [5.41, 5.74) is 7.92. The molecule has 0 amide bonds. The Labute approximate surface area is 267 Å². The molecule has 0 unspecified atom stereocenters. The SMILES string of the molecule is C=C\C=C(/C=C/C1=C\Oc2c(CC=C)cccc2C(C)(C)/C(C)=C/C=C\1)c1nc(-c2ccccc2)nc(-c2ccccc2C)n1. The van der Waals surface area contributed by atoms with Crippen LogP contribution in [-0.2, 0) is 11.8 Å². The van der Waals surface area contributed by atoms with Crippen LogP contribution in [0.4, 0.5) is 0 Å². The van der Waals surface area contributed by atoms with Gasteiger partial charge in [-0.2, -0.15) is 0 Å². The summed E-state index contributed by atoms with van der Waals surface area (Å²) < 4.78 is 6.49. The second-order valence-corrected chi connectivity index (χ2v) is 11.5. The van der Waals surface area contributed by atoms with E-state index in [1.165, 1.54) is 5.57 Å². The molecule has 2 heterocycles. The minimum absolute atomic E-state index is 0.206. The molecule has 0 fully saturated rings. The van der Waals surface area contributed by atoms with Crippen LogP contribution in [0.2, 0.25) is 0 Å². The largest absolute Gasteiger partial charge is 0.464 e. The van der Waals surface area contributed by atoms with Gasteiger partial charge in [-0.05, 0) is 31.4 Å². The van der Waals surface area contributed by atoms with Crippen LogP contribution in [0.3, 0.4) is 0 Å². The monoisotopic (exact) mass is 589 g/mol. The molecule has 1 aromatic heterocycles. The summed E-state index contributed by atoms with van der Waals surface area (Å²) in [7, 11) is 0. The molecule has 4 aromatic rings. The molecule has 4 heteroatoms. The van der Waals surface area contributed by atoms with Gasteiger partial charge in [0.05, 0.1) is 6.26 Å². The lowest BCUT2D eigenvalue weighted by Crippen LogP contribution is -2.20. The standard InChI is InChI=1S/C41H39N3O/c1-7-16-32-23-15-25-36-37(32)45-28-31(20-14-19-30(4)41(36,5)6)26-27-33(17-8-2)38-42-39(34-21-10-9-11-22-34)44-40(43-38)35-24-13-12-18-29(35)3/h7-15,17-28H,1-2,16H2,3-6H3/b20-14-,27-26+,30-19+,31-28-,33-17+. The van der Waals surface area contributed by atoms with Crippen molar-refractivity contribution >= 4 is 5.57 Å². The van der Waals surface area contributed by atoms with Gasteiger partial charge in [-0.25, -0.2) is 15.0 Å². The highest BCUT2D eigenvalue weighted by atomic mass is 16.5. The number of fused-ring (bicyclic) bond motifs is 1. The summed E-state index contributed by atoms with van der Waals surface area (Å²) in [6.45, 7) is 16.6. The quantitative estimate of drug-likeness (QED) is 0.152. The van der Waals surface area contributed by atoms with Gasteiger partial charge in [0, 0.05) is 33.3 Å². The molecular weight excluding hydrogens is 550 g/mol. The van der Waals surface area contributed by atoms with E-state index >= 15 is 0 Å². The lowest BCUT2D eigenvalue weighted by molar-refractivity contribution is 0.451. The van der Waals surface area contributed by atoms with Crippen LogP contribution in [-0.4, -0.2) is 15.0 Å². The topological polar surface area (TPSA) is 47.9 Å². The van der Waals surface area contributed by atoms with E-state index in [1.54, 1.807) is 12.3 Å². The maximum atomic E-state index is 6.49. The second-order valence-electron chi connectivity index (χ2n) is 11.5. The Hall–Kier alpha value is -5.35. The highest BCUT2D eigenvalue weighted by Crippen LogP contribution is 2.40. The van der Waals surface area contributed by atoms with Crippen LogP contribution >= 0.6 is 0 Å². The van der Waals surface area contributed by atoms with E-state index < -0.39 is 0 Å². The third-order valence-corrected chi connectivity index (χ3v) is 8.13. The lowest BCUT2D eigenvalue weighted by Gasteiger charge is -2.29. The fourth-order valence-electron chi connectivity index (χ4n) is 5.20. The number of para-hydroxylation sites is 1. The van der Waals surface area contributed by atoms with E-state index in [-0.39, 0.29) is 5.41 Å². The molecule has 4 nitrogen and oxygen atoms in total. The Bertz CT molecular complexity index is 1870. The number of allylic oxidation sites excluding steroid dienone is 11. The van der Waals surface area contributed by atoms with Crippen molar-refractivity contribution in [2.24, 2.45) is 0 Å². The molecule has 0 atom stereocenters. The molecule has 1 aliphatic rings. The number of benzene rings is 3. The van der Waals surface area contributed by atoms with Crippen molar-refractivity contribution < 1.29 is 4.74 Å². The number of aryl methyl sites for hydroxylation is 1. The van der Waals surface area contributed by atoms with Gasteiger partial charge in [0.1, 0.15) is 5.75 Å². The van der Waals surface area contributed by atoms with E-state index in [2.05, 4.69) is 77.3 Å². The van der Waals surface area contributed by atoms with Gasteiger partial charge in [-0.15, -0.1) is 6.58 Å². The number of rotatable bonds is 8. The third-order valence-electron chi connectivity index (χ3n) is 8.13. The van der Waals surface area contributed by atoms with Crippen molar-refractivity contribution in [3.63, 3.8) is 0 Å². The molecule has 0 N–H and O–H groups in total. The molecule has 0 spiro atoms. The first-order valence-corrected chi connectivity index (χ1v) is 15.2. The normalized spacial score (nSPS) is 17.6. The first-order valence-electron chi connectivity index (χ1n) is 15.2. The molecule has 224 valence electrons. The zero-order chi connectivity index (χ0) is 31.8. The van der Waals surface area contributed by atoms with Crippen molar-refractivity contribution in [2.45, 2.75) is 39.5 Å². The van der Waals surface area contributed by atoms with Crippen LogP contribution in [0, 0.1) is 6.92 Å². The number of nitrogens with zero attached hydrogens (tertiary/aromatic N) is 3. The summed E-state index contributed by atoms with van der Waals surface area (Å²) >= 11 is 0. The maximum absolute atomic E-state index is 6.49. The predicted octanol–water partition coefficient (Wildman–Crippen LogP) is 10.1. The lowest BCUT2D eigenvalue weighted by atomic mass is 9.76. The average Bonchev–Trinajstić information content (AvgIpc) is 3.05. The van der Waals surface area contributed by atoms with E-state index in [1.807, 2.05) is 78.9 Å². The zero-order valence-electron chi connectivity index (χ0n) is 26.5. The number of hydrogen-bond donors (Lipinski definition) is 0. The molecule has 45 heavy (non-hydrogen) atoms. The second kappa shape index (κ2) is 14.0. The molecule has 3 aromatic carbocycles. The molecule has 5 rings (SSSR count). The summed E-state index contributed by atoms with van der Waals surface area (Å²) in [4.78, 5) is 14.7. The molecule has 0 saturated carbocycles. The van der Waals surface area contributed by atoms with Gasteiger partial charge >= 0.3 is 0 Å². The van der Waals surface area contributed by atoms with E-state index in [0.29, 0.717) is 17.5 Å². The third kappa shape index (κ3) is 7.08. The Balaban J connectivity index is 1.59. The van der Waals surface area contributed by atoms with Gasteiger partial charge in [0.15, 0.2) is 17.5 Å². The maximum Gasteiger partial charge on any atom is 0.164 e. The summed E-state index contributed by atoms with van der Waals surface area (Å²) in [6.07, 6.45) is 18.4. The molecule has 0 radical (unpaired) electrons. The first kappa shape index (κ1) is 31.1. The van der Waals surface area contributed by atoms with Crippen LogP contribution in [0.25, 0.3) is 28.3 Å². The molecule has 0 saturated heterocycles. The van der Waals surface area contributed by atoms with Gasteiger partial charge in [-0.1, -0.05) is 147 Å². The van der Waals surface area contributed by atoms with Crippen molar-refractivity contribution in [1.82, 2.24) is 15.0 Å². The number of aromatic nitrogens is 3. The van der Waals surface area contributed by atoms with Crippen LogP contribution < -0.4 is 4.74 Å². The fraction of sp³-hybridized carbons (Fsp3) is 0.146. The van der Waals surface area contributed by atoms with Gasteiger partial charge in [0.2, 0.25) is 0 Å². The van der Waals surface area contributed by atoms with E-state index in [4.69, 9.17) is 19.7 Å². The Morgan fingerprint density at radius 3 is 2.38 bits per heavy atom. The summed E-state index contributed by atoms with van der Waals surface area (Å²) in [6, 6.07) is 24.4. The van der Waals surface area contributed by atoms with Crippen LogP contribution in [0.5, 0.6) is 5.75 Å².